The van der Waals surface area contributed by atoms with Crippen LogP contribution in [0.3, 0.4) is 0 Å². The summed E-state index contributed by atoms with van der Waals surface area (Å²) in [6, 6.07) is 0.446. The van der Waals surface area contributed by atoms with Gasteiger partial charge in [-0.25, -0.2) is 0 Å². The smallest absolute Gasteiger partial charge is 0.00888 e. The van der Waals surface area contributed by atoms with Gasteiger partial charge in [0.25, 0.3) is 0 Å². The van der Waals surface area contributed by atoms with Gasteiger partial charge in [0, 0.05) is 12.6 Å². The second-order valence-corrected chi connectivity index (χ2v) is 3.19. The molecule has 1 heterocycles. The van der Waals surface area contributed by atoms with Crippen LogP contribution in [0.15, 0.2) is 0 Å². The van der Waals surface area contributed by atoms with Gasteiger partial charge >= 0.3 is 0 Å². The Balaban J connectivity index is 0. The molecule has 1 rings (SSSR count). The predicted octanol–water partition coefficient (Wildman–Crippen LogP) is 1.13. The zero-order valence-corrected chi connectivity index (χ0v) is 8.75. The van der Waals surface area contributed by atoms with E-state index in [0.717, 1.165) is 6.42 Å². The van der Waals surface area contributed by atoms with E-state index < -0.39 is 0 Å². The van der Waals surface area contributed by atoms with E-state index in [1.807, 2.05) is 0 Å². The third-order valence-corrected chi connectivity index (χ3v) is 2.17. The van der Waals surface area contributed by atoms with Crippen molar-refractivity contribution in [1.29, 1.82) is 0 Å². The van der Waals surface area contributed by atoms with Crippen LogP contribution in [0.2, 0.25) is 0 Å². The van der Waals surface area contributed by atoms with Gasteiger partial charge in [0.05, 0.1) is 0 Å². The lowest BCUT2D eigenvalue weighted by molar-refractivity contribution is 0.197. The molecule has 0 radical (unpaired) electrons. The number of hydrogen-bond donors (Lipinski definition) is 1. The van der Waals surface area contributed by atoms with Crippen molar-refractivity contribution >= 4 is 24.8 Å². The summed E-state index contributed by atoms with van der Waals surface area (Å²) < 4.78 is 0. The molecule has 1 aliphatic heterocycles. The molecule has 0 aromatic heterocycles. The quantitative estimate of drug-likeness (QED) is 0.636. The summed E-state index contributed by atoms with van der Waals surface area (Å²) in [4.78, 5) is 2.34. The third kappa shape index (κ3) is 4.16. The summed E-state index contributed by atoms with van der Waals surface area (Å²) in [5.74, 6) is 0.684. The highest BCUT2D eigenvalue weighted by molar-refractivity contribution is 5.85. The molecule has 1 fully saturated rings. The average molecular weight is 201 g/mol. The standard InChI is InChI=1S/C7H16N2.2ClH/c1-6-5-9(2)4-3-7(6)8;;/h6-7H,3-5,8H2,1-2H3;2*1H/t6-,7+;;/m1../s1. The number of nitrogens with zero attached hydrogens (tertiary/aromatic N) is 1. The fraction of sp³-hybridized carbons (Fsp3) is 1.00. The Morgan fingerprint density at radius 2 is 1.91 bits per heavy atom. The summed E-state index contributed by atoms with van der Waals surface area (Å²) in [6.07, 6.45) is 1.16. The zero-order valence-electron chi connectivity index (χ0n) is 7.12. The second-order valence-electron chi connectivity index (χ2n) is 3.19. The Labute approximate surface area is 81.3 Å². The van der Waals surface area contributed by atoms with Crippen LogP contribution in [-0.4, -0.2) is 31.1 Å². The summed E-state index contributed by atoms with van der Waals surface area (Å²) in [6.45, 7) is 4.56. The van der Waals surface area contributed by atoms with Crippen molar-refractivity contribution < 1.29 is 0 Å². The van der Waals surface area contributed by atoms with E-state index in [-0.39, 0.29) is 24.8 Å². The largest absolute Gasteiger partial charge is 0.327 e. The highest BCUT2D eigenvalue weighted by atomic mass is 35.5. The van der Waals surface area contributed by atoms with E-state index in [1.165, 1.54) is 13.1 Å². The molecular weight excluding hydrogens is 183 g/mol. The Morgan fingerprint density at radius 1 is 1.36 bits per heavy atom. The Bertz CT molecular complexity index is 100. The fourth-order valence-electron chi connectivity index (χ4n) is 1.37. The van der Waals surface area contributed by atoms with Gasteiger partial charge < -0.3 is 10.6 Å². The van der Waals surface area contributed by atoms with E-state index in [2.05, 4.69) is 18.9 Å². The Morgan fingerprint density at radius 3 is 2.27 bits per heavy atom. The van der Waals surface area contributed by atoms with Gasteiger partial charge in [-0.15, -0.1) is 24.8 Å². The van der Waals surface area contributed by atoms with Gasteiger partial charge in [-0.1, -0.05) is 6.92 Å². The molecule has 0 aromatic rings. The lowest BCUT2D eigenvalue weighted by atomic mass is 9.95. The van der Waals surface area contributed by atoms with E-state index >= 15 is 0 Å². The first-order chi connectivity index (χ1) is 4.20. The Kier molecular flexibility index (Phi) is 7.75. The van der Waals surface area contributed by atoms with Gasteiger partial charge in [0.15, 0.2) is 0 Å². The van der Waals surface area contributed by atoms with E-state index in [1.54, 1.807) is 0 Å². The van der Waals surface area contributed by atoms with E-state index in [9.17, 15) is 0 Å². The van der Waals surface area contributed by atoms with Crippen LogP contribution in [0.1, 0.15) is 13.3 Å². The lowest BCUT2D eigenvalue weighted by Gasteiger charge is -2.32. The molecule has 2 N–H and O–H groups in total. The summed E-state index contributed by atoms with van der Waals surface area (Å²) in [5, 5.41) is 0. The predicted molar refractivity (Wildman–Crippen MR) is 53.7 cm³/mol. The van der Waals surface area contributed by atoms with Gasteiger partial charge in [0.1, 0.15) is 0 Å². The minimum absolute atomic E-state index is 0. The molecule has 0 amide bonds. The molecule has 0 aliphatic carbocycles. The number of likely N-dealkylation sites (tertiary alicyclic amines) is 1. The first-order valence-corrected chi connectivity index (χ1v) is 3.64. The molecule has 11 heavy (non-hydrogen) atoms. The minimum Gasteiger partial charge on any atom is -0.327 e. The number of piperidine rings is 1. The molecular formula is C7H18Cl2N2. The maximum absolute atomic E-state index is 5.81. The molecule has 2 nitrogen and oxygen atoms in total. The SMILES string of the molecule is C[C@@H]1CN(C)CC[C@@H]1N.Cl.Cl. The van der Waals surface area contributed by atoms with Crippen molar-refractivity contribution in [1.82, 2.24) is 4.90 Å². The van der Waals surface area contributed by atoms with Crippen LogP contribution < -0.4 is 5.73 Å². The fourth-order valence-corrected chi connectivity index (χ4v) is 1.37. The molecule has 1 aliphatic rings. The van der Waals surface area contributed by atoms with Gasteiger partial charge in [0.2, 0.25) is 0 Å². The molecule has 0 bridgehead atoms. The Hall–Kier alpha value is 0.500. The lowest BCUT2D eigenvalue weighted by Crippen LogP contribution is -2.44. The van der Waals surface area contributed by atoms with Gasteiger partial charge in [-0.2, -0.15) is 0 Å². The number of rotatable bonds is 0. The highest BCUT2D eigenvalue weighted by Crippen LogP contribution is 2.12. The van der Waals surface area contributed by atoms with Crippen LogP contribution in [0.5, 0.6) is 0 Å². The van der Waals surface area contributed by atoms with Crippen LogP contribution in [-0.2, 0) is 0 Å². The first kappa shape index (κ1) is 14.0. The summed E-state index contributed by atoms with van der Waals surface area (Å²) in [5.41, 5.74) is 5.81. The summed E-state index contributed by atoms with van der Waals surface area (Å²) in [7, 11) is 2.16. The number of halogens is 2. The average Bonchev–Trinajstić information content (AvgIpc) is 1.80. The van der Waals surface area contributed by atoms with Crippen LogP contribution in [0.25, 0.3) is 0 Å². The van der Waals surface area contributed by atoms with Crippen molar-refractivity contribution in [3.63, 3.8) is 0 Å². The molecule has 0 spiro atoms. The maximum Gasteiger partial charge on any atom is 0.00888 e. The number of hydrogen-bond acceptors (Lipinski definition) is 2. The van der Waals surface area contributed by atoms with Crippen molar-refractivity contribution in [3.8, 4) is 0 Å². The normalized spacial score (nSPS) is 31.9. The van der Waals surface area contributed by atoms with Crippen molar-refractivity contribution in [2.24, 2.45) is 11.7 Å². The van der Waals surface area contributed by atoms with Gasteiger partial charge in [-0.3, -0.25) is 0 Å². The second kappa shape index (κ2) is 6.06. The van der Waals surface area contributed by atoms with Crippen LogP contribution in [0, 0.1) is 5.92 Å². The highest BCUT2D eigenvalue weighted by Gasteiger charge is 2.19. The topological polar surface area (TPSA) is 29.3 Å². The molecule has 2 atom stereocenters. The molecule has 4 heteroatoms. The van der Waals surface area contributed by atoms with Crippen molar-refractivity contribution in [2.45, 2.75) is 19.4 Å². The third-order valence-electron chi connectivity index (χ3n) is 2.17. The van der Waals surface area contributed by atoms with E-state index in [0.29, 0.717) is 12.0 Å². The summed E-state index contributed by atoms with van der Waals surface area (Å²) >= 11 is 0. The van der Waals surface area contributed by atoms with Crippen molar-refractivity contribution in [3.05, 3.63) is 0 Å². The molecule has 0 unspecified atom stereocenters. The number of nitrogens with two attached hydrogens (primary N) is 1. The molecule has 1 saturated heterocycles. The minimum atomic E-state index is 0. The molecule has 70 valence electrons. The maximum atomic E-state index is 5.81. The van der Waals surface area contributed by atoms with Crippen molar-refractivity contribution in [2.75, 3.05) is 20.1 Å². The van der Waals surface area contributed by atoms with Crippen LogP contribution in [0.4, 0.5) is 0 Å². The first-order valence-electron chi connectivity index (χ1n) is 3.64. The molecule has 0 saturated carbocycles. The van der Waals surface area contributed by atoms with E-state index in [4.69, 9.17) is 5.73 Å². The monoisotopic (exact) mass is 200 g/mol. The van der Waals surface area contributed by atoms with Crippen LogP contribution >= 0.6 is 24.8 Å². The molecule has 0 aromatic carbocycles. The van der Waals surface area contributed by atoms with Gasteiger partial charge in [-0.05, 0) is 25.9 Å². The zero-order chi connectivity index (χ0) is 6.85.